The highest BCUT2D eigenvalue weighted by Crippen LogP contribution is 2.53. The highest BCUT2D eigenvalue weighted by atomic mass is 14.3. The molecule has 0 atom stereocenters. The van der Waals surface area contributed by atoms with Crippen LogP contribution in [0.4, 0.5) is 0 Å². The molecule has 0 saturated heterocycles. The van der Waals surface area contributed by atoms with Gasteiger partial charge in [0.05, 0.1) is 0 Å². The molecule has 0 unspecified atom stereocenters. The Balaban J connectivity index is 1.50. The fourth-order valence-corrected chi connectivity index (χ4v) is 9.94. The molecular weight excluding hydrogens is 697 g/mol. The second-order valence-corrected chi connectivity index (χ2v) is 21.5. The standard InChI is InChI=1S/C58H56/c1-55(2,3)37-24-25-41-35(28-37)26-33-20-22-38(56(4,5)6)30-46(33)50(41)51-42-16-13-14-17-43(42)53-52-44(18-15-19-45(51)52)48-32-40(58(10,11)12)29-36-27-34-21-23-39(57(7,8)9)31-47(34)54(53)49(36)48/h13-32H,1-12H3. The van der Waals surface area contributed by atoms with Gasteiger partial charge < -0.3 is 0 Å². The SMILES string of the molecule is CC(C)(C)c1ccc2c(-c3c4ccccc4c4c5c3cccc5c3cc(C(C)(C)C)cc5cc6ccc(C(C)(C)C)cc6c4c53)c3cc(C(C)(C)C)ccc3cc2c1. The summed E-state index contributed by atoms with van der Waals surface area (Å²) >= 11 is 0. The van der Waals surface area contributed by atoms with E-state index in [2.05, 4.69) is 204 Å². The molecule has 0 aromatic heterocycles. The molecule has 0 heteroatoms. The minimum absolute atomic E-state index is 0.00282. The van der Waals surface area contributed by atoms with Crippen LogP contribution in [0.15, 0.2) is 121 Å². The molecule has 0 saturated carbocycles. The number of rotatable bonds is 1. The Morgan fingerprint density at radius 2 is 0.690 bits per heavy atom. The first-order valence-corrected chi connectivity index (χ1v) is 21.3. The van der Waals surface area contributed by atoms with Crippen LogP contribution in [0, 0.1) is 0 Å². The third-order valence-electron chi connectivity index (χ3n) is 13.3. The Labute approximate surface area is 344 Å². The lowest BCUT2D eigenvalue weighted by Crippen LogP contribution is -2.11. The first-order chi connectivity index (χ1) is 27.3. The molecule has 0 nitrogen and oxygen atoms in total. The minimum Gasteiger partial charge on any atom is -0.0616 e. The van der Waals surface area contributed by atoms with Gasteiger partial charge in [-0.1, -0.05) is 174 Å². The Bertz CT molecular complexity index is 3340. The molecular formula is C58H56. The quantitative estimate of drug-likeness (QED) is 0.116. The van der Waals surface area contributed by atoms with Crippen molar-refractivity contribution in [1.82, 2.24) is 0 Å². The van der Waals surface area contributed by atoms with Crippen LogP contribution in [0.1, 0.15) is 105 Å². The van der Waals surface area contributed by atoms with Crippen LogP contribution < -0.4 is 0 Å². The van der Waals surface area contributed by atoms with E-state index in [1.807, 2.05) is 0 Å². The zero-order chi connectivity index (χ0) is 40.8. The number of fused-ring (bicyclic) bond motifs is 8. The van der Waals surface area contributed by atoms with Crippen LogP contribution in [0.3, 0.4) is 0 Å². The molecule has 0 amide bonds. The first kappa shape index (κ1) is 36.9. The van der Waals surface area contributed by atoms with Crippen molar-refractivity contribution in [2.45, 2.75) is 105 Å². The molecule has 0 heterocycles. The smallest absolute Gasteiger partial charge is 0.000741 e. The molecule has 0 aliphatic rings. The third kappa shape index (κ3) is 5.47. The Morgan fingerprint density at radius 1 is 0.241 bits per heavy atom. The van der Waals surface area contributed by atoms with Crippen LogP contribution in [0.5, 0.6) is 0 Å². The summed E-state index contributed by atoms with van der Waals surface area (Å²) in [6, 6.07) is 48.1. The Hall–Kier alpha value is -5.46. The van der Waals surface area contributed by atoms with Crippen LogP contribution in [0.25, 0.3) is 97.3 Å². The van der Waals surface area contributed by atoms with Crippen molar-refractivity contribution in [1.29, 1.82) is 0 Å². The summed E-state index contributed by atoms with van der Waals surface area (Å²) in [5.74, 6) is 0. The van der Waals surface area contributed by atoms with E-state index in [1.165, 1.54) is 120 Å². The van der Waals surface area contributed by atoms with Gasteiger partial charge in [0, 0.05) is 0 Å². The van der Waals surface area contributed by atoms with E-state index < -0.39 is 0 Å². The molecule has 0 spiro atoms. The van der Waals surface area contributed by atoms with Crippen molar-refractivity contribution in [2.75, 3.05) is 0 Å². The summed E-state index contributed by atoms with van der Waals surface area (Å²) in [7, 11) is 0. The number of hydrogen-bond donors (Lipinski definition) is 0. The maximum Gasteiger partial charge on any atom is -0.000741 e. The van der Waals surface area contributed by atoms with E-state index in [1.54, 1.807) is 0 Å². The van der Waals surface area contributed by atoms with Crippen LogP contribution in [-0.2, 0) is 21.7 Å². The fourth-order valence-electron chi connectivity index (χ4n) is 9.94. The molecule has 0 radical (unpaired) electrons. The van der Waals surface area contributed by atoms with Gasteiger partial charge in [0.25, 0.3) is 0 Å². The first-order valence-electron chi connectivity index (χ1n) is 21.3. The van der Waals surface area contributed by atoms with Crippen LogP contribution in [-0.4, -0.2) is 0 Å². The largest absolute Gasteiger partial charge is 0.0616 e. The van der Waals surface area contributed by atoms with Crippen molar-refractivity contribution < 1.29 is 0 Å². The van der Waals surface area contributed by atoms with E-state index in [4.69, 9.17) is 0 Å². The van der Waals surface area contributed by atoms with E-state index in [0.717, 1.165) is 0 Å². The summed E-state index contributed by atoms with van der Waals surface area (Å²) < 4.78 is 0. The van der Waals surface area contributed by atoms with Crippen molar-refractivity contribution in [2.24, 2.45) is 0 Å². The molecule has 0 aliphatic carbocycles. The molecule has 10 rings (SSSR count). The molecule has 10 aromatic carbocycles. The normalized spacial score (nSPS) is 13.5. The predicted octanol–water partition coefficient (Wildman–Crippen LogP) is 17.2. The lowest BCUT2D eigenvalue weighted by molar-refractivity contribution is 0.590. The topological polar surface area (TPSA) is 0 Å². The number of hydrogen-bond acceptors (Lipinski definition) is 0. The molecule has 58 heavy (non-hydrogen) atoms. The highest BCUT2D eigenvalue weighted by Gasteiger charge is 2.27. The average molecular weight is 753 g/mol. The maximum atomic E-state index is 2.52. The van der Waals surface area contributed by atoms with Gasteiger partial charge in [0.2, 0.25) is 0 Å². The van der Waals surface area contributed by atoms with E-state index in [0.29, 0.717) is 0 Å². The summed E-state index contributed by atoms with van der Waals surface area (Å²) in [5.41, 5.74) is 8.21. The van der Waals surface area contributed by atoms with Gasteiger partial charge in [-0.25, -0.2) is 0 Å². The van der Waals surface area contributed by atoms with Crippen molar-refractivity contribution in [3.05, 3.63) is 144 Å². The second kappa shape index (κ2) is 12.0. The molecule has 0 N–H and O–H groups in total. The van der Waals surface area contributed by atoms with Crippen LogP contribution in [0.2, 0.25) is 0 Å². The van der Waals surface area contributed by atoms with Gasteiger partial charge in [-0.3, -0.25) is 0 Å². The van der Waals surface area contributed by atoms with Gasteiger partial charge >= 0.3 is 0 Å². The van der Waals surface area contributed by atoms with Gasteiger partial charge in [-0.05, 0) is 172 Å². The van der Waals surface area contributed by atoms with Gasteiger partial charge in [-0.2, -0.15) is 0 Å². The third-order valence-corrected chi connectivity index (χ3v) is 13.3. The van der Waals surface area contributed by atoms with Gasteiger partial charge in [0.15, 0.2) is 0 Å². The summed E-state index contributed by atoms with van der Waals surface area (Å²) in [6.45, 7) is 28.0. The fraction of sp³-hybridized carbons (Fsp3) is 0.276. The molecule has 0 fully saturated rings. The van der Waals surface area contributed by atoms with Gasteiger partial charge in [0.1, 0.15) is 0 Å². The molecule has 288 valence electrons. The lowest BCUT2D eigenvalue weighted by atomic mass is 9.77. The zero-order valence-corrected chi connectivity index (χ0v) is 36.5. The summed E-state index contributed by atoms with van der Waals surface area (Å²) in [6.07, 6.45) is 0. The number of benzene rings is 10. The highest BCUT2D eigenvalue weighted by molar-refractivity contribution is 6.45. The molecule has 0 bridgehead atoms. The lowest BCUT2D eigenvalue weighted by Gasteiger charge is -2.26. The zero-order valence-electron chi connectivity index (χ0n) is 36.5. The average Bonchev–Trinajstić information content (AvgIpc) is 3.16. The van der Waals surface area contributed by atoms with Gasteiger partial charge in [-0.15, -0.1) is 0 Å². The maximum absolute atomic E-state index is 2.52. The predicted molar refractivity (Wildman–Crippen MR) is 258 cm³/mol. The van der Waals surface area contributed by atoms with Crippen molar-refractivity contribution in [3.8, 4) is 11.1 Å². The van der Waals surface area contributed by atoms with E-state index in [9.17, 15) is 0 Å². The monoisotopic (exact) mass is 752 g/mol. The Kier molecular flexibility index (Phi) is 7.65. The summed E-state index contributed by atoms with van der Waals surface area (Å²) in [5, 5.41) is 21.3. The molecule has 10 aromatic rings. The minimum atomic E-state index is -0.00282. The van der Waals surface area contributed by atoms with Crippen molar-refractivity contribution in [3.63, 3.8) is 0 Å². The van der Waals surface area contributed by atoms with Crippen molar-refractivity contribution >= 4 is 86.2 Å². The van der Waals surface area contributed by atoms with E-state index >= 15 is 0 Å². The van der Waals surface area contributed by atoms with E-state index in [-0.39, 0.29) is 21.7 Å². The summed E-state index contributed by atoms with van der Waals surface area (Å²) in [4.78, 5) is 0. The second-order valence-electron chi connectivity index (χ2n) is 21.5. The van der Waals surface area contributed by atoms with Crippen LogP contribution >= 0.6 is 0 Å². The molecule has 0 aliphatic heterocycles. The Morgan fingerprint density at radius 3 is 1.34 bits per heavy atom.